The molecule has 1 aliphatic heterocycles. The van der Waals surface area contributed by atoms with Crippen LogP contribution in [0, 0.1) is 11.8 Å². The second-order valence-corrected chi connectivity index (χ2v) is 12.5. The summed E-state index contributed by atoms with van der Waals surface area (Å²) in [6, 6.07) is 10.5. The Bertz CT molecular complexity index is 1320. The van der Waals surface area contributed by atoms with Crippen molar-refractivity contribution in [2.24, 2.45) is 11.8 Å². The molecule has 8 heteroatoms. The Hall–Kier alpha value is -3.07. The lowest BCUT2D eigenvalue weighted by molar-refractivity contribution is -0.137. The second-order valence-electron chi connectivity index (χ2n) is 12.5. The van der Waals surface area contributed by atoms with Crippen LogP contribution in [0.3, 0.4) is 0 Å². The van der Waals surface area contributed by atoms with E-state index in [1.807, 2.05) is 24.5 Å². The molecule has 2 aromatic heterocycles. The number of nitrogens with zero attached hydrogens (tertiary/aromatic N) is 3. The molecule has 3 aliphatic rings. The van der Waals surface area contributed by atoms with E-state index in [-0.39, 0.29) is 12.0 Å². The minimum absolute atomic E-state index is 0.00315. The number of carbonyl (C=O) groups is 1. The predicted molar refractivity (Wildman–Crippen MR) is 163 cm³/mol. The monoisotopic (exact) mass is 571 g/mol. The van der Waals surface area contributed by atoms with Gasteiger partial charge in [0.25, 0.3) is 0 Å². The van der Waals surface area contributed by atoms with E-state index < -0.39 is 0 Å². The zero-order valence-corrected chi connectivity index (χ0v) is 24.9. The van der Waals surface area contributed by atoms with Crippen molar-refractivity contribution < 1.29 is 14.7 Å². The largest absolute Gasteiger partial charge is 0.385 e. The number of aryl methyl sites for hydroxylation is 1. The van der Waals surface area contributed by atoms with E-state index in [2.05, 4.69) is 38.5 Å². The number of nitrogens with one attached hydrogen (secondary N) is 2. The van der Waals surface area contributed by atoms with Crippen LogP contribution in [0.2, 0.25) is 0 Å². The van der Waals surface area contributed by atoms with Crippen LogP contribution < -0.4 is 5.48 Å². The van der Waals surface area contributed by atoms with Crippen LogP contribution in [0.25, 0.3) is 22.5 Å². The number of piperidine rings is 1. The maximum absolute atomic E-state index is 13.5. The van der Waals surface area contributed by atoms with Gasteiger partial charge in [-0.25, -0.2) is 4.98 Å². The van der Waals surface area contributed by atoms with Crippen molar-refractivity contribution in [1.82, 2.24) is 25.3 Å². The summed E-state index contributed by atoms with van der Waals surface area (Å²) in [6.07, 6.45) is 15.2. The van der Waals surface area contributed by atoms with Gasteiger partial charge in [-0.05, 0) is 80.2 Å². The van der Waals surface area contributed by atoms with Crippen LogP contribution in [0.1, 0.15) is 93.1 Å². The Morgan fingerprint density at radius 2 is 1.79 bits per heavy atom. The number of rotatable bonds is 8. The molecule has 6 rings (SSSR count). The maximum Gasteiger partial charge on any atom is 0.225 e. The SMILES string of the molecule is COCCC1CCCC(C(=O)N2CCC(c3nc(-c4ccc5c(c4)CCC5NO)c(-c4ccncc4)[nH]3)CC2)CCC1. The number of benzene rings is 1. The highest BCUT2D eigenvalue weighted by Gasteiger charge is 2.31. The molecule has 2 aliphatic carbocycles. The minimum Gasteiger partial charge on any atom is -0.385 e. The topological polar surface area (TPSA) is 103 Å². The highest BCUT2D eigenvalue weighted by molar-refractivity contribution is 5.80. The van der Waals surface area contributed by atoms with Crippen molar-refractivity contribution in [2.45, 2.75) is 82.6 Å². The van der Waals surface area contributed by atoms with Crippen LogP contribution in [-0.4, -0.2) is 57.8 Å². The van der Waals surface area contributed by atoms with Crippen molar-refractivity contribution in [2.75, 3.05) is 26.8 Å². The lowest BCUT2D eigenvalue weighted by Gasteiger charge is -2.34. The summed E-state index contributed by atoms with van der Waals surface area (Å²) in [5, 5.41) is 9.52. The minimum atomic E-state index is -0.00315. The molecule has 3 heterocycles. The van der Waals surface area contributed by atoms with Crippen molar-refractivity contribution in [3.05, 3.63) is 59.7 Å². The van der Waals surface area contributed by atoms with Crippen LogP contribution in [0.4, 0.5) is 0 Å². The molecule has 0 bridgehead atoms. The third kappa shape index (κ3) is 6.31. The molecule has 0 spiro atoms. The van der Waals surface area contributed by atoms with Gasteiger partial charge in [0, 0.05) is 62.2 Å². The normalized spacial score (nSPS) is 23.4. The Balaban J connectivity index is 1.14. The number of imidazole rings is 1. The molecule has 8 nitrogen and oxygen atoms in total. The van der Waals surface area contributed by atoms with Crippen LogP contribution >= 0.6 is 0 Å². The van der Waals surface area contributed by atoms with Crippen molar-refractivity contribution >= 4 is 5.91 Å². The Morgan fingerprint density at radius 1 is 1.02 bits per heavy atom. The van der Waals surface area contributed by atoms with Crippen LogP contribution in [0.5, 0.6) is 0 Å². The number of methoxy groups -OCH3 is 1. The van der Waals surface area contributed by atoms with Gasteiger partial charge < -0.3 is 19.8 Å². The fourth-order valence-corrected chi connectivity index (χ4v) is 7.47. The maximum atomic E-state index is 13.5. The highest BCUT2D eigenvalue weighted by atomic mass is 16.5. The molecule has 224 valence electrons. The van der Waals surface area contributed by atoms with E-state index in [9.17, 15) is 10.0 Å². The molecule has 1 aromatic carbocycles. The van der Waals surface area contributed by atoms with Gasteiger partial charge >= 0.3 is 0 Å². The first-order valence-corrected chi connectivity index (χ1v) is 16.0. The van der Waals surface area contributed by atoms with Gasteiger partial charge in [0.2, 0.25) is 5.91 Å². The summed E-state index contributed by atoms with van der Waals surface area (Å²) in [5.74, 6) is 2.60. The van der Waals surface area contributed by atoms with Gasteiger partial charge in [-0.15, -0.1) is 0 Å². The summed E-state index contributed by atoms with van der Waals surface area (Å²) >= 11 is 0. The number of likely N-dealkylation sites (tertiary alicyclic amines) is 1. The van der Waals surface area contributed by atoms with E-state index in [4.69, 9.17) is 9.72 Å². The van der Waals surface area contributed by atoms with Gasteiger partial charge in [-0.3, -0.25) is 9.78 Å². The van der Waals surface area contributed by atoms with E-state index in [1.165, 1.54) is 18.4 Å². The Kier molecular flexibility index (Phi) is 9.32. The smallest absolute Gasteiger partial charge is 0.225 e. The number of hydrogen-bond acceptors (Lipinski definition) is 6. The number of aromatic amines is 1. The molecular formula is C34H45N5O3. The van der Waals surface area contributed by atoms with Crippen molar-refractivity contribution in [1.29, 1.82) is 0 Å². The molecule has 1 amide bonds. The lowest BCUT2D eigenvalue weighted by Crippen LogP contribution is -2.41. The molecule has 1 saturated carbocycles. The number of pyridine rings is 1. The lowest BCUT2D eigenvalue weighted by atomic mass is 9.83. The van der Waals surface area contributed by atoms with Crippen molar-refractivity contribution in [3.63, 3.8) is 0 Å². The van der Waals surface area contributed by atoms with Gasteiger partial charge in [-0.1, -0.05) is 37.8 Å². The fraction of sp³-hybridized carbons (Fsp3) is 0.559. The number of H-pyrrole nitrogens is 1. The summed E-state index contributed by atoms with van der Waals surface area (Å²) in [4.78, 5) is 28.8. The average Bonchev–Trinajstić information content (AvgIpc) is 3.65. The molecule has 42 heavy (non-hydrogen) atoms. The third-order valence-corrected chi connectivity index (χ3v) is 9.94. The summed E-state index contributed by atoms with van der Waals surface area (Å²) in [5.41, 5.74) is 8.99. The molecule has 3 N–H and O–H groups in total. The molecular weight excluding hydrogens is 526 g/mol. The molecule has 3 aromatic rings. The first kappa shape index (κ1) is 29.0. The summed E-state index contributed by atoms with van der Waals surface area (Å²) < 4.78 is 5.29. The molecule has 2 fully saturated rings. The second kappa shape index (κ2) is 13.5. The molecule has 1 atom stereocenters. The zero-order valence-electron chi connectivity index (χ0n) is 24.9. The standard InChI is InChI=1S/C34H45N5O3/c1-42-21-16-23-4-2-6-26(7-3-5-23)34(40)39-19-14-25(15-20-39)33-36-31(24-12-17-35-18-13-24)32(37-33)28-8-10-29-27(22-28)9-11-30(29)38-41/h8,10,12-13,17-18,22-23,25-26,30,38,41H,2-7,9,11,14-16,19-21H2,1H3,(H,36,37). The van der Waals surface area contributed by atoms with Crippen LogP contribution in [0.15, 0.2) is 42.7 Å². The van der Waals surface area contributed by atoms with E-state index in [0.717, 1.165) is 117 Å². The zero-order chi connectivity index (χ0) is 28.9. The molecule has 1 unspecified atom stereocenters. The first-order chi connectivity index (χ1) is 20.6. The summed E-state index contributed by atoms with van der Waals surface area (Å²) in [7, 11) is 1.78. The highest BCUT2D eigenvalue weighted by Crippen LogP contribution is 2.39. The number of hydrogen-bond donors (Lipinski definition) is 3. The number of ether oxygens (including phenoxy) is 1. The number of fused-ring (bicyclic) bond motifs is 1. The quantitative estimate of drug-likeness (QED) is 0.269. The Morgan fingerprint density at radius 3 is 2.50 bits per heavy atom. The van der Waals surface area contributed by atoms with Gasteiger partial charge in [0.05, 0.1) is 17.4 Å². The predicted octanol–water partition coefficient (Wildman–Crippen LogP) is 6.43. The van der Waals surface area contributed by atoms with Crippen molar-refractivity contribution in [3.8, 4) is 22.5 Å². The van der Waals surface area contributed by atoms with Gasteiger partial charge in [0.15, 0.2) is 0 Å². The van der Waals surface area contributed by atoms with E-state index >= 15 is 0 Å². The number of amides is 1. The van der Waals surface area contributed by atoms with Gasteiger partial charge in [0.1, 0.15) is 5.82 Å². The van der Waals surface area contributed by atoms with E-state index in [1.54, 1.807) is 7.11 Å². The average molecular weight is 572 g/mol. The number of aromatic nitrogens is 3. The van der Waals surface area contributed by atoms with E-state index in [0.29, 0.717) is 11.8 Å². The van der Waals surface area contributed by atoms with Gasteiger partial charge in [-0.2, -0.15) is 5.48 Å². The third-order valence-electron chi connectivity index (χ3n) is 9.94. The summed E-state index contributed by atoms with van der Waals surface area (Å²) in [6.45, 7) is 2.44. The fourth-order valence-electron chi connectivity index (χ4n) is 7.47. The molecule has 0 radical (unpaired) electrons. The van der Waals surface area contributed by atoms with Crippen LogP contribution in [-0.2, 0) is 16.0 Å². The number of hydroxylamine groups is 1. The molecule has 1 saturated heterocycles. The number of carbonyl (C=O) groups excluding carboxylic acids is 1. The first-order valence-electron chi connectivity index (χ1n) is 16.0. The Labute approximate surface area is 249 Å².